The van der Waals surface area contributed by atoms with E-state index in [-0.39, 0.29) is 0 Å². The SMILES string of the molecule is CC[C@H]1CCC2C3CC=C4C[C@@H](C)CCC4(C)C3CC[C@@]21C. The average Bonchev–Trinajstić information content (AvgIpc) is 2.84. The van der Waals surface area contributed by atoms with Crippen molar-refractivity contribution in [1.82, 2.24) is 0 Å². The topological polar surface area (TPSA) is 0 Å². The molecule has 4 aliphatic carbocycles. The molecule has 0 N–H and O–H groups in total. The molecule has 0 aromatic carbocycles. The van der Waals surface area contributed by atoms with Crippen LogP contribution in [0.3, 0.4) is 0 Å². The highest BCUT2D eigenvalue weighted by atomic mass is 14.6. The van der Waals surface area contributed by atoms with Crippen LogP contribution in [0.5, 0.6) is 0 Å². The van der Waals surface area contributed by atoms with Crippen molar-refractivity contribution in [2.24, 2.45) is 40.4 Å². The van der Waals surface area contributed by atoms with Crippen molar-refractivity contribution < 1.29 is 0 Å². The Kier molecular flexibility index (Phi) is 3.55. The van der Waals surface area contributed by atoms with Gasteiger partial charge in [0.05, 0.1) is 0 Å². The lowest BCUT2D eigenvalue weighted by molar-refractivity contribution is -0.0441. The Morgan fingerprint density at radius 3 is 2.64 bits per heavy atom. The molecule has 4 unspecified atom stereocenters. The average molecular weight is 301 g/mol. The molecule has 0 aromatic rings. The molecule has 0 aliphatic heterocycles. The standard InChI is InChI=1S/C22H36/c1-5-16-7-9-19-18-8-6-17-14-15(2)10-12-22(17,4)20(18)11-13-21(16,19)3/h6,15-16,18-20H,5,7-14H2,1-4H3/t15-,16-,18?,19?,20?,21+,22?/m0/s1. The normalized spacial score (nSPS) is 54.2. The number of allylic oxidation sites excluding steroid dienone is 2. The monoisotopic (exact) mass is 300 g/mol. The van der Waals surface area contributed by atoms with Crippen LogP contribution in [0.1, 0.15) is 85.5 Å². The van der Waals surface area contributed by atoms with Gasteiger partial charge in [-0.15, -0.1) is 0 Å². The first-order chi connectivity index (χ1) is 10.5. The van der Waals surface area contributed by atoms with Gasteiger partial charge in [-0.25, -0.2) is 0 Å². The molecule has 0 radical (unpaired) electrons. The van der Waals surface area contributed by atoms with Crippen molar-refractivity contribution >= 4 is 0 Å². The predicted molar refractivity (Wildman–Crippen MR) is 94.6 cm³/mol. The van der Waals surface area contributed by atoms with E-state index in [0.29, 0.717) is 10.8 Å². The van der Waals surface area contributed by atoms with E-state index >= 15 is 0 Å². The van der Waals surface area contributed by atoms with Gasteiger partial charge in [-0.2, -0.15) is 0 Å². The van der Waals surface area contributed by atoms with Gasteiger partial charge in [-0.1, -0.05) is 45.8 Å². The molecule has 0 aromatic heterocycles. The molecule has 124 valence electrons. The molecule has 0 saturated heterocycles. The lowest BCUT2D eigenvalue weighted by Crippen LogP contribution is -2.49. The zero-order valence-electron chi connectivity index (χ0n) is 15.3. The predicted octanol–water partition coefficient (Wildman–Crippen LogP) is 6.61. The third kappa shape index (κ3) is 1.94. The molecule has 0 heteroatoms. The first-order valence-corrected chi connectivity index (χ1v) is 10.2. The summed E-state index contributed by atoms with van der Waals surface area (Å²) in [5.41, 5.74) is 3.11. The minimum Gasteiger partial charge on any atom is -0.0845 e. The second kappa shape index (κ2) is 5.12. The second-order valence-electron chi connectivity index (χ2n) is 9.83. The Morgan fingerprint density at radius 1 is 1.05 bits per heavy atom. The number of hydrogen-bond donors (Lipinski definition) is 0. The van der Waals surface area contributed by atoms with Crippen LogP contribution in [0.25, 0.3) is 0 Å². The highest BCUT2D eigenvalue weighted by molar-refractivity contribution is 5.24. The van der Waals surface area contributed by atoms with Crippen LogP contribution in [0.15, 0.2) is 11.6 Å². The van der Waals surface area contributed by atoms with Gasteiger partial charge in [0.25, 0.3) is 0 Å². The molecule has 4 aliphatic rings. The Morgan fingerprint density at radius 2 is 1.86 bits per heavy atom. The number of hydrogen-bond acceptors (Lipinski definition) is 0. The van der Waals surface area contributed by atoms with Gasteiger partial charge in [0.2, 0.25) is 0 Å². The Hall–Kier alpha value is -0.260. The Labute approximate surface area is 138 Å². The summed E-state index contributed by atoms with van der Waals surface area (Å²) in [6.45, 7) is 10.2. The smallest absolute Gasteiger partial charge is 0.00851 e. The largest absolute Gasteiger partial charge is 0.0845 e. The van der Waals surface area contributed by atoms with E-state index < -0.39 is 0 Å². The molecule has 0 spiro atoms. The van der Waals surface area contributed by atoms with Gasteiger partial charge in [0.1, 0.15) is 0 Å². The van der Waals surface area contributed by atoms with Crippen molar-refractivity contribution in [3.05, 3.63) is 11.6 Å². The van der Waals surface area contributed by atoms with Gasteiger partial charge >= 0.3 is 0 Å². The van der Waals surface area contributed by atoms with E-state index in [1.165, 1.54) is 57.8 Å². The van der Waals surface area contributed by atoms with Crippen molar-refractivity contribution in [3.63, 3.8) is 0 Å². The van der Waals surface area contributed by atoms with E-state index in [1.807, 2.05) is 5.57 Å². The summed E-state index contributed by atoms with van der Waals surface area (Å²) in [7, 11) is 0. The summed E-state index contributed by atoms with van der Waals surface area (Å²) >= 11 is 0. The zero-order chi connectivity index (χ0) is 15.5. The third-order valence-corrected chi connectivity index (χ3v) is 9.04. The minimum absolute atomic E-state index is 0.570. The lowest BCUT2D eigenvalue weighted by Gasteiger charge is -2.58. The Bertz CT molecular complexity index is 474. The summed E-state index contributed by atoms with van der Waals surface area (Å²) in [6.07, 6.45) is 16.0. The quantitative estimate of drug-likeness (QED) is 0.478. The summed E-state index contributed by atoms with van der Waals surface area (Å²) in [6, 6.07) is 0. The maximum absolute atomic E-state index is 2.72. The third-order valence-electron chi connectivity index (χ3n) is 9.04. The second-order valence-corrected chi connectivity index (χ2v) is 9.83. The highest BCUT2D eigenvalue weighted by Gasteiger charge is 2.57. The molecule has 22 heavy (non-hydrogen) atoms. The van der Waals surface area contributed by atoms with E-state index in [4.69, 9.17) is 0 Å². The van der Waals surface area contributed by atoms with E-state index in [2.05, 4.69) is 33.8 Å². The van der Waals surface area contributed by atoms with Crippen molar-refractivity contribution in [1.29, 1.82) is 0 Å². The summed E-state index contributed by atoms with van der Waals surface area (Å²) in [5, 5.41) is 0. The van der Waals surface area contributed by atoms with E-state index in [9.17, 15) is 0 Å². The van der Waals surface area contributed by atoms with Crippen LogP contribution >= 0.6 is 0 Å². The molecular formula is C22H36. The molecule has 7 atom stereocenters. The molecule has 3 saturated carbocycles. The van der Waals surface area contributed by atoms with Crippen LogP contribution in [-0.4, -0.2) is 0 Å². The maximum atomic E-state index is 2.72. The molecule has 4 rings (SSSR count). The van der Waals surface area contributed by atoms with E-state index in [0.717, 1.165) is 29.6 Å². The zero-order valence-corrected chi connectivity index (χ0v) is 15.3. The fraction of sp³-hybridized carbons (Fsp3) is 0.909. The molecule has 3 fully saturated rings. The van der Waals surface area contributed by atoms with E-state index in [1.54, 1.807) is 0 Å². The highest BCUT2D eigenvalue weighted by Crippen LogP contribution is 2.66. The van der Waals surface area contributed by atoms with Crippen molar-refractivity contribution in [3.8, 4) is 0 Å². The maximum Gasteiger partial charge on any atom is -0.00851 e. The van der Waals surface area contributed by atoms with Crippen LogP contribution in [0, 0.1) is 40.4 Å². The lowest BCUT2D eigenvalue weighted by atomic mass is 9.47. The molecule has 0 bridgehead atoms. The van der Waals surface area contributed by atoms with Gasteiger partial charge in [0.15, 0.2) is 0 Å². The molecule has 0 nitrogen and oxygen atoms in total. The fourth-order valence-electron chi connectivity index (χ4n) is 7.62. The van der Waals surface area contributed by atoms with Crippen LogP contribution < -0.4 is 0 Å². The molecule has 0 heterocycles. The Balaban J connectivity index is 1.66. The first-order valence-electron chi connectivity index (χ1n) is 10.2. The summed E-state index contributed by atoms with van der Waals surface area (Å²) in [5.74, 6) is 5.00. The van der Waals surface area contributed by atoms with Gasteiger partial charge < -0.3 is 0 Å². The van der Waals surface area contributed by atoms with Crippen LogP contribution in [-0.2, 0) is 0 Å². The first kappa shape index (κ1) is 15.3. The van der Waals surface area contributed by atoms with Gasteiger partial charge in [0, 0.05) is 0 Å². The van der Waals surface area contributed by atoms with Gasteiger partial charge in [-0.3, -0.25) is 0 Å². The van der Waals surface area contributed by atoms with Crippen LogP contribution in [0.2, 0.25) is 0 Å². The summed E-state index contributed by atoms with van der Waals surface area (Å²) in [4.78, 5) is 0. The van der Waals surface area contributed by atoms with Gasteiger partial charge in [-0.05, 0) is 91.8 Å². The number of fused-ring (bicyclic) bond motifs is 5. The molecular weight excluding hydrogens is 264 g/mol. The summed E-state index contributed by atoms with van der Waals surface area (Å²) < 4.78 is 0. The number of rotatable bonds is 1. The fourth-order valence-corrected chi connectivity index (χ4v) is 7.62. The minimum atomic E-state index is 0.570. The van der Waals surface area contributed by atoms with Crippen LogP contribution in [0.4, 0.5) is 0 Å². The van der Waals surface area contributed by atoms with Crippen molar-refractivity contribution in [2.75, 3.05) is 0 Å². The molecule has 0 amide bonds. The van der Waals surface area contributed by atoms with Crippen molar-refractivity contribution in [2.45, 2.75) is 85.5 Å².